The van der Waals surface area contributed by atoms with E-state index in [1.807, 2.05) is 18.2 Å². The molecule has 2 atom stereocenters. The van der Waals surface area contributed by atoms with Crippen LogP contribution in [-0.4, -0.2) is 12.3 Å². The molecule has 0 amide bonds. The first-order chi connectivity index (χ1) is 10.6. The van der Waals surface area contributed by atoms with Crippen LogP contribution in [0.4, 0.5) is 0 Å². The van der Waals surface area contributed by atoms with Crippen molar-refractivity contribution in [2.75, 3.05) is 6.61 Å². The van der Waals surface area contributed by atoms with Crippen molar-refractivity contribution in [1.82, 2.24) is 0 Å². The summed E-state index contributed by atoms with van der Waals surface area (Å²) in [6, 6.07) is 12.5. The van der Waals surface area contributed by atoms with Crippen molar-refractivity contribution >= 4 is 5.71 Å². The molecule has 2 aromatic carbocycles. The Morgan fingerprint density at radius 3 is 2.55 bits per heavy atom. The van der Waals surface area contributed by atoms with Crippen LogP contribution in [-0.2, 0) is 4.84 Å². The van der Waals surface area contributed by atoms with E-state index >= 15 is 0 Å². The van der Waals surface area contributed by atoms with Crippen LogP contribution in [0.3, 0.4) is 0 Å². The average Bonchev–Trinajstić information content (AvgIpc) is 2.90. The quantitative estimate of drug-likeness (QED) is 0.792. The lowest BCUT2D eigenvalue weighted by Gasteiger charge is -2.27. The van der Waals surface area contributed by atoms with Gasteiger partial charge in [-0.3, -0.25) is 0 Å². The predicted molar refractivity (Wildman–Crippen MR) is 86.4 cm³/mol. The first-order valence-electron chi connectivity index (χ1n) is 7.69. The van der Waals surface area contributed by atoms with Crippen molar-refractivity contribution in [3.05, 3.63) is 64.2 Å². The molecule has 0 fully saturated rings. The van der Waals surface area contributed by atoms with E-state index < -0.39 is 0 Å². The topological polar surface area (TPSA) is 30.8 Å². The van der Waals surface area contributed by atoms with Crippen molar-refractivity contribution in [2.45, 2.75) is 26.9 Å². The number of para-hydroxylation sites is 1. The van der Waals surface area contributed by atoms with Crippen molar-refractivity contribution in [2.24, 2.45) is 11.1 Å². The van der Waals surface area contributed by atoms with Crippen molar-refractivity contribution in [3.63, 3.8) is 0 Å². The zero-order valence-electron chi connectivity index (χ0n) is 13.1. The largest absolute Gasteiger partial charge is 0.492 e. The van der Waals surface area contributed by atoms with Crippen molar-refractivity contribution in [1.29, 1.82) is 0 Å². The Morgan fingerprint density at radius 2 is 1.77 bits per heavy atom. The Labute approximate surface area is 130 Å². The highest BCUT2D eigenvalue weighted by atomic mass is 16.6. The van der Waals surface area contributed by atoms with Crippen molar-refractivity contribution in [3.8, 4) is 5.75 Å². The van der Waals surface area contributed by atoms with Gasteiger partial charge in [0.15, 0.2) is 6.10 Å². The van der Waals surface area contributed by atoms with Crippen LogP contribution in [0.5, 0.6) is 5.75 Å². The minimum atomic E-state index is -0.0277. The summed E-state index contributed by atoms with van der Waals surface area (Å²) in [6.07, 6.45) is -0.0277. The molecule has 0 unspecified atom stereocenters. The van der Waals surface area contributed by atoms with Crippen LogP contribution < -0.4 is 4.74 Å². The third-order valence-corrected chi connectivity index (χ3v) is 4.56. The molecule has 0 radical (unpaired) electrons. The van der Waals surface area contributed by atoms with Crippen LogP contribution in [0.2, 0.25) is 0 Å². The molecular formula is C19H19NO2. The molecule has 112 valence electrons. The molecule has 0 N–H and O–H groups in total. The smallest absolute Gasteiger partial charge is 0.167 e. The van der Waals surface area contributed by atoms with Crippen LogP contribution >= 0.6 is 0 Å². The summed E-state index contributed by atoms with van der Waals surface area (Å²) in [6.45, 7) is 7.03. The summed E-state index contributed by atoms with van der Waals surface area (Å²) < 4.78 is 5.93. The van der Waals surface area contributed by atoms with Gasteiger partial charge in [-0.2, -0.15) is 0 Å². The molecule has 0 aliphatic carbocycles. The molecule has 2 aromatic rings. The van der Waals surface area contributed by atoms with Crippen LogP contribution in [0.1, 0.15) is 33.9 Å². The Balaban J connectivity index is 1.76. The molecule has 0 saturated carbocycles. The van der Waals surface area contributed by atoms with Gasteiger partial charge in [-0.05, 0) is 38.0 Å². The van der Waals surface area contributed by atoms with Crippen LogP contribution in [0, 0.1) is 26.7 Å². The standard InChI is InChI=1S/C19H19NO2/c1-11-8-12(2)17(13(3)9-11)18-15-10-21-16-7-5-4-6-14(16)19(15)22-20-18/h4-9,15,19H,10H2,1-3H3/t15-,19-/m1/s1. The second-order valence-electron chi connectivity index (χ2n) is 6.23. The second kappa shape index (κ2) is 4.87. The van der Waals surface area contributed by atoms with Gasteiger partial charge in [0.1, 0.15) is 12.4 Å². The Bertz CT molecular complexity index is 756. The summed E-state index contributed by atoms with van der Waals surface area (Å²) in [7, 11) is 0. The molecule has 3 nitrogen and oxygen atoms in total. The molecule has 0 bridgehead atoms. The van der Waals surface area contributed by atoms with Gasteiger partial charge in [-0.15, -0.1) is 0 Å². The van der Waals surface area contributed by atoms with Gasteiger partial charge in [0.2, 0.25) is 0 Å². The molecule has 4 rings (SSSR count). The number of fused-ring (bicyclic) bond motifs is 3. The summed E-state index contributed by atoms with van der Waals surface area (Å²) >= 11 is 0. The van der Waals surface area contributed by atoms with Crippen LogP contribution in [0.15, 0.2) is 41.6 Å². The number of aryl methyl sites for hydroxylation is 3. The van der Waals surface area contributed by atoms with E-state index in [0.717, 1.165) is 17.0 Å². The number of nitrogens with zero attached hydrogens (tertiary/aromatic N) is 1. The highest BCUT2D eigenvalue weighted by Crippen LogP contribution is 2.43. The van der Waals surface area contributed by atoms with E-state index in [1.54, 1.807) is 0 Å². The number of oxime groups is 1. The number of benzene rings is 2. The minimum Gasteiger partial charge on any atom is -0.492 e. The van der Waals surface area contributed by atoms with E-state index in [9.17, 15) is 0 Å². The molecule has 0 spiro atoms. The molecule has 0 aromatic heterocycles. The first kappa shape index (κ1) is 13.4. The number of hydrogen-bond acceptors (Lipinski definition) is 3. The number of ether oxygens (including phenoxy) is 1. The number of rotatable bonds is 1. The molecule has 2 heterocycles. The molecule has 3 heteroatoms. The lowest BCUT2D eigenvalue weighted by Crippen LogP contribution is -2.30. The summed E-state index contributed by atoms with van der Waals surface area (Å²) in [5.74, 6) is 1.08. The van der Waals surface area contributed by atoms with Crippen molar-refractivity contribution < 1.29 is 9.57 Å². The molecule has 0 saturated heterocycles. The zero-order chi connectivity index (χ0) is 15.3. The monoisotopic (exact) mass is 293 g/mol. The highest BCUT2D eigenvalue weighted by Gasteiger charge is 2.41. The third-order valence-electron chi connectivity index (χ3n) is 4.56. The third kappa shape index (κ3) is 1.92. The lowest BCUT2D eigenvalue weighted by molar-refractivity contribution is 0.0331. The maximum Gasteiger partial charge on any atom is 0.167 e. The normalized spacial score (nSPS) is 22.2. The SMILES string of the molecule is Cc1cc(C)c(C2=NO[C@@H]3c4ccccc4OC[C@H]23)c(C)c1. The van der Waals surface area contributed by atoms with Gasteiger partial charge in [0.25, 0.3) is 0 Å². The van der Waals surface area contributed by atoms with E-state index in [1.165, 1.54) is 22.3 Å². The van der Waals surface area contributed by atoms with Gasteiger partial charge in [-0.1, -0.05) is 41.1 Å². The van der Waals surface area contributed by atoms with Gasteiger partial charge < -0.3 is 9.57 Å². The van der Waals surface area contributed by atoms with E-state index in [4.69, 9.17) is 9.57 Å². The van der Waals surface area contributed by atoms with E-state index in [-0.39, 0.29) is 12.0 Å². The Kier molecular flexibility index (Phi) is 2.96. The number of hydrogen-bond donors (Lipinski definition) is 0. The second-order valence-corrected chi connectivity index (χ2v) is 6.23. The molecule has 2 aliphatic rings. The summed E-state index contributed by atoms with van der Waals surface area (Å²) in [5.41, 5.74) is 7.11. The fourth-order valence-corrected chi connectivity index (χ4v) is 3.68. The summed E-state index contributed by atoms with van der Waals surface area (Å²) in [4.78, 5) is 5.80. The lowest BCUT2D eigenvalue weighted by atomic mass is 9.84. The maximum atomic E-state index is 5.93. The zero-order valence-corrected chi connectivity index (χ0v) is 13.1. The first-order valence-corrected chi connectivity index (χ1v) is 7.69. The fourth-order valence-electron chi connectivity index (χ4n) is 3.68. The highest BCUT2D eigenvalue weighted by molar-refractivity contribution is 6.05. The molecule has 22 heavy (non-hydrogen) atoms. The minimum absolute atomic E-state index is 0.0277. The maximum absolute atomic E-state index is 5.93. The van der Waals surface area contributed by atoms with Crippen LogP contribution in [0.25, 0.3) is 0 Å². The predicted octanol–water partition coefficient (Wildman–Crippen LogP) is 4.10. The molecule has 2 aliphatic heterocycles. The fraction of sp³-hybridized carbons (Fsp3) is 0.316. The Hall–Kier alpha value is -2.29. The van der Waals surface area contributed by atoms with Gasteiger partial charge >= 0.3 is 0 Å². The molecular weight excluding hydrogens is 274 g/mol. The summed E-state index contributed by atoms with van der Waals surface area (Å²) in [5, 5.41) is 4.44. The van der Waals surface area contributed by atoms with E-state index in [2.05, 4.69) is 44.1 Å². The van der Waals surface area contributed by atoms with E-state index in [0.29, 0.717) is 6.61 Å². The van der Waals surface area contributed by atoms with Gasteiger partial charge in [0, 0.05) is 11.1 Å². The van der Waals surface area contributed by atoms with Gasteiger partial charge in [0.05, 0.1) is 11.6 Å². The average molecular weight is 293 g/mol. The Morgan fingerprint density at radius 1 is 1.05 bits per heavy atom. The van der Waals surface area contributed by atoms with Gasteiger partial charge in [-0.25, -0.2) is 0 Å².